The molecular formula is C13H25N3O2. The molecule has 0 aromatic rings. The third kappa shape index (κ3) is 4.29. The summed E-state index contributed by atoms with van der Waals surface area (Å²) in [7, 11) is 1.49. The topological polar surface area (TPSA) is 70.2 Å². The number of hydrogen-bond donors (Lipinski definition) is 3. The van der Waals surface area contributed by atoms with E-state index in [-0.39, 0.29) is 11.9 Å². The summed E-state index contributed by atoms with van der Waals surface area (Å²) in [5, 5.41) is 8.03. The summed E-state index contributed by atoms with van der Waals surface area (Å²) < 4.78 is 0. The van der Waals surface area contributed by atoms with Gasteiger partial charge < -0.3 is 10.6 Å². The van der Waals surface area contributed by atoms with Crippen LogP contribution in [0.2, 0.25) is 0 Å². The van der Waals surface area contributed by atoms with Gasteiger partial charge in [0.05, 0.1) is 6.04 Å². The molecule has 0 bridgehead atoms. The van der Waals surface area contributed by atoms with Crippen molar-refractivity contribution >= 4 is 11.9 Å². The van der Waals surface area contributed by atoms with Gasteiger partial charge in [0.1, 0.15) is 0 Å². The highest BCUT2D eigenvalue weighted by Gasteiger charge is 2.26. The molecule has 18 heavy (non-hydrogen) atoms. The molecule has 0 aromatic heterocycles. The highest BCUT2D eigenvalue weighted by molar-refractivity contribution is 5.96. The first-order valence-corrected chi connectivity index (χ1v) is 6.87. The van der Waals surface area contributed by atoms with Gasteiger partial charge in [-0.2, -0.15) is 0 Å². The summed E-state index contributed by atoms with van der Waals surface area (Å²) in [6, 6.07) is -0.391. The largest absolute Gasteiger partial charge is 0.341 e. The number of nitrogens with one attached hydrogen (secondary N) is 3. The first-order valence-electron chi connectivity index (χ1n) is 6.87. The summed E-state index contributed by atoms with van der Waals surface area (Å²) >= 11 is 0. The maximum Gasteiger partial charge on any atom is 0.321 e. The molecule has 3 atom stereocenters. The second kappa shape index (κ2) is 7.36. The Morgan fingerprint density at radius 2 is 1.94 bits per heavy atom. The molecule has 104 valence electrons. The van der Waals surface area contributed by atoms with Gasteiger partial charge in [-0.15, -0.1) is 0 Å². The monoisotopic (exact) mass is 255 g/mol. The Bertz CT molecular complexity index is 294. The van der Waals surface area contributed by atoms with Gasteiger partial charge in [-0.3, -0.25) is 10.1 Å². The Labute approximate surface area is 109 Å². The zero-order valence-electron chi connectivity index (χ0n) is 11.6. The zero-order chi connectivity index (χ0) is 13.5. The molecule has 3 unspecified atom stereocenters. The van der Waals surface area contributed by atoms with Crippen LogP contribution in [0, 0.1) is 5.92 Å². The van der Waals surface area contributed by atoms with Crippen molar-refractivity contribution in [3.63, 3.8) is 0 Å². The lowest BCUT2D eigenvalue weighted by Crippen LogP contribution is -2.52. The summed E-state index contributed by atoms with van der Waals surface area (Å²) in [5.41, 5.74) is 0. The van der Waals surface area contributed by atoms with Gasteiger partial charge in [-0.1, -0.05) is 26.2 Å². The maximum atomic E-state index is 11.7. The van der Waals surface area contributed by atoms with Crippen molar-refractivity contribution in [2.24, 2.45) is 5.92 Å². The maximum absolute atomic E-state index is 11.7. The van der Waals surface area contributed by atoms with Gasteiger partial charge in [-0.05, 0) is 25.7 Å². The van der Waals surface area contributed by atoms with Crippen LogP contribution < -0.4 is 16.0 Å². The van der Waals surface area contributed by atoms with Crippen molar-refractivity contribution in [2.75, 3.05) is 7.05 Å². The number of amides is 3. The summed E-state index contributed by atoms with van der Waals surface area (Å²) in [6.07, 6.45) is 6.00. The van der Waals surface area contributed by atoms with Crippen LogP contribution >= 0.6 is 0 Å². The van der Waals surface area contributed by atoms with Gasteiger partial charge in [0.15, 0.2) is 0 Å². The van der Waals surface area contributed by atoms with E-state index in [1.807, 2.05) is 0 Å². The number of carbonyl (C=O) groups excluding carboxylic acids is 2. The fourth-order valence-electron chi connectivity index (χ4n) is 2.60. The minimum Gasteiger partial charge on any atom is -0.341 e. The van der Waals surface area contributed by atoms with E-state index >= 15 is 0 Å². The van der Waals surface area contributed by atoms with Gasteiger partial charge >= 0.3 is 6.03 Å². The predicted molar refractivity (Wildman–Crippen MR) is 71.2 cm³/mol. The van der Waals surface area contributed by atoms with E-state index in [1.165, 1.54) is 26.3 Å². The number of carbonyl (C=O) groups is 2. The highest BCUT2D eigenvalue weighted by atomic mass is 16.2. The van der Waals surface area contributed by atoms with Crippen molar-refractivity contribution in [3.05, 3.63) is 0 Å². The van der Waals surface area contributed by atoms with Crippen LogP contribution in [0.3, 0.4) is 0 Å². The van der Waals surface area contributed by atoms with Gasteiger partial charge in [-0.25, -0.2) is 4.79 Å². The molecule has 0 saturated heterocycles. The Morgan fingerprint density at radius 3 is 2.56 bits per heavy atom. The van der Waals surface area contributed by atoms with E-state index in [0.717, 1.165) is 12.8 Å². The first-order chi connectivity index (χ1) is 8.58. The number of imide groups is 1. The Balaban J connectivity index is 2.44. The fourth-order valence-corrected chi connectivity index (χ4v) is 2.60. The molecule has 0 heterocycles. The minimum atomic E-state index is -0.454. The molecule has 3 amide bonds. The molecule has 5 heteroatoms. The van der Waals surface area contributed by atoms with Gasteiger partial charge in [0.25, 0.3) is 0 Å². The molecule has 3 N–H and O–H groups in total. The predicted octanol–water partition coefficient (Wildman–Crippen LogP) is 1.39. The van der Waals surface area contributed by atoms with Crippen molar-refractivity contribution in [2.45, 2.75) is 58.0 Å². The molecular weight excluding hydrogens is 230 g/mol. The van der Waals surface area contributed by atoms with Crippen LogP contribution in [-0.2, 0) is 4.79 Å². The van der Waals surface area contributed by atoms with E-state index < -0.39 is 6.03 Å². The standard InChI is InChI=1S/C13H25N3O2/c1-4-10-7-5-6-8-11(10)15-9(2)12(17)16-13(18)14-3/h9-11,15H,4-8H2,1-3H3,(H2,14,16,17,18). The van der Waals surface area contributed by atoms with E-state index in [4.69, 9.17) is 0 Å². The fraction of sp³-hybridized carbons (Fsp3) is 0.846. The molecule has 0 aromatic carbocycles. The van der Waals surface area contributed by atoms with Crippen LogP contribution in [0.1, 0.15) is 46.0 Å². The van der Waals surface area contributed by atoms with Crippen LogP contribution in [-0.4, -0.2) is 31.1 Å². The van der Waals surface area contributed by atoms with E-state index in [2.05, 4.69) is 22.9 Å². The summed E-state index contributed by atoms with van der Waals surface area (Å²) in [4.78, 5) is 22.8. The quantitative estimate of drug-likeness (QED) is 0.711. The zero-order valence-corrected chi connectivity index (χ0v) is 11.6. The van der Waals surface area contributed by atoms with Crippen LogP contribution in [0.5, 0.6) is 0 Å². The Morgan fingerprint density at radius 1 is 1.28 bits per heavy atom. The first kappa shape index (κ1) is 15.0. The second-order valence-electron chi connectivity index (χ2n) is 5.02. The molecule has 1 saturated carbocycles. The summed E-state index contributed by atoms with van der Waals surface area (Å²) in [5.74, 6) is 0.378. The molecule has 0 spiro atoms. The van der Waals surface area contributed by atoms with Crippen molar-refractivity contribution in [1.82, 2.24) is 16.0 Å². The molecule has 1 aliphatic carbocycles. The van der Waals surface area contributed by atoms with Gasteiger partial charge in [0.2, 0.25) is 5.91 Å². The number of hydrogen-bond acceptors (Lipinski definition) is 3. The van der Waals surface area contributed by atoms with Crippen molar-refractivity contribution in [3.8, 4) is 0 Å². The third-order valence-electron chi connectivity index (χ3n) is 3.75. The normalized spacial score (nSPS) is 25.3. The lowest BCUT2D eigenvalue weighted by Gasteiger charge is -2.33. The lowest BCUT2D eigenvalue weighted by molar-refractivity contribution is -0.122. The summed E-state index contributed by atoms with van der Waals surface area (Å²) in [6.45, 7) is 4.00. The Kier molecular flexibility index (Phi) is 6.12. The molecule has 0 radical (unpaired) electrons. The Hall–Kier alpha value is -1.10. The van der Waals surface area contributed by atoms with E-state index in [1.54, 1.807) is 6.92 Å². The molecule has 1 fully saturated rings. The van der Waals surface area contributed by atoms with E-state index in [0.29, 0.717) is 12.0 Å². The average Bonchev–Trinajstić information content (AvgIpc) is 2.39. The molecule has 0 aliphatic heterocycles. The van der Waals surface area contributed by atoms with Crippen molar-refractivity contribution < 1.29 is 9.59 Å². The molecule has 5 nitrogen and oxygen atoms in total. The van der Waals surface area contributed by atoms with Crippen LogP contribution in [0.15, 0.2) is 0 Å². The highest BCUT2D eigenvalue weighted by Crippen LogP contribution is 2.26. The molecule has 1 aliphatic rings. The lowest BCUT2D eigenvalue weighted by atomic mass is 9.82. The molecule has 1 rings (SSSR count). The van der Waals surface area contributed by atoms with E-state index in [9.17, 15) is 9.59 Å². The van der Waals surface area contributed by atoms with Crippen LogP contribution in [0.4, 0.5) is 4.79 Å². The SMILES string of the molecule is CCC1CCCCC1NC(C)C(=O)NC(=O)NC. The number of rotatable bonds is 4. The van der Waals surface area contributed by atoms with Gasteiger partial charge in [0, 0.05) is 13.1 Å². The third-order valence-corrected chi connectivity index (χ3v) is 3.75. The second-order valence-corrected chi connectivity index (χ2v) is 5.02. The van der Waals surface area contributed by atoms with Crippen molar-refractivity contribution in [1.29, 1.82) is 0 Å². The smallest absolute Gasteiger partial charge is 0.321 e. The van der Waals surface area contributed by atoms with Crippen LogP contribution in [0.25, 0.3) is 0 Å². The average molecular weight is 255 g/mol. The number of urea groups is 1. The minimum absolute atomic E-state index is 0.269.